The van der Waals surface area contributed by atoms with Gasteiger partial charge in [0, 0.05) is 5.56 Å². The van der Waals surface area contributed by atoms with Gasteiger partial charge in [-0.05, 0) is 30.3 Å². The molecule has 2 rings (SSSR count). The van der Waals surface area contributed by atoms with E-state index in [9.17, 15) is 22.4 Å². The fourth-order valence-electron chi connectivity index (χ4n) is 1.69. The number of benzene rings is 2. The number of nitrogens with two attached hydrogens (primary N) is 1. The zero-order valence-electron chi connectivity index (χ0n) is 10.4. The number of ether oxygens (including phenoxy) is 1. The van der Waals surface area contributed by atoms with E-state index in [-0.39, 0.29) is 16.8 Å². The summed E-state index contributed by atoms with van der Waals surface area (Å²) in [4.78, 5) is 12.2. The van der Waals surface area contributed by atoms with Crippen LogP contribution in [0.4, 0.5) is 23.2 Å². The van der Waals surface area contributed by atoms with Gasteiger partial charge < -0.3 is 10.5 Å². The van der Waals surface area contributed by atoms with Gasteiger partial charge in [0.15, 0.2) is 5.78 Å². The molecule has 0 fully saturated rings. The molecular formula is C14H9F4NO2. The average molecular weight is 299 g/mol. The molecule has 0 unspecified atom stereocenters. The first-order valence-electron chi connectivity index (χ1n) is 5.72. The van der Waals surface area contributed by atoms with Crippen molar-refractivity contribution in [2.75, 3.05) is 5.73 Å². The molecule has 0 heterocycles. The smallest absolute Gasteiger partial charge is 0.405 e. The number of alkyl halides is 3. The first kappa shape index (κ1) is 14.8. The van der Waals surface area contributed by atoms with Crippen LogP contribution in [0.25, 0.3) is 0 Å². The van der Waals surface area contributed by atoms with Crippen molar-refractivity contribution in [3.8, 4) is 5.75 Å². The van der Waals surface area contributed by atoms with Gasteiger partial charge in [0.05, 0.1) is 11.3 Å². The third-order valence-electron chi connectivity index (χ3n) is 2.62. The first-order chi connectivity index (χ1) is 9.78. The summed E-state index contributed by atoms with van der Waals surface area (Å²) in [6.07, 6.45) is -4.93. The van der Waals surface area contributed by atoms with Crippen molar-refractivity contribution in [1.82, 2.24) is 0 Å². The molecule has 0 saturated carbocycles. The maximum Gasteiger partial charge on any atom is 0.573 e. The van der Waals surface area contributed by atoms with Gasteiger partial charge in [0.1, 0.15) is 11.6 Å². The lowest BCUT2D eigenvalue weighted by Crippen LogP contribution is -2.19. The zero-order chi connectivity index (χ0) is 15.6. The number of carbonyl (C=O) groups is 1. The lowest BCUT2D eigenvalue weighted by molar-refractivity contribution is -0.274. The standard InChI is InChI=1S/C14H9F4NO2/c15-10-7-8(5-6-11(10)19)13(20)9-3-1-2-4-12(9)21-14(16,17)18/h1-7H,19H2. The van der Waals surface area contributed by atoms with E-state index >= 15 is 0 Å². The highest BCUT2D eigenvalue weighted by atomic mass is 19.4. The number of anilines is 1. The predicted octanol–water partition coefficient (Wildman–Crippen LogP) is 3.54. The number of rotatable bonds is 3. The highest BCUT2D eigenvalue weighted by Crippen LogP contribution is 2.28. The molecular weight excluding hydrogens is 290 g/mol. The molecule has 2 N–H and O–H groups in total. The van der Waals surface area contributed by atoms with Crippen molar-refractivity contribution < 1.29 is 27.1 Å². The SMILES string of the molecule is Nc1ccc(C(=O)c2ccccc2OC(F)(F)F)cc1F. The molecule has 0 aliphatic carbocycles. The monoisotopic (exact) mass is 299 g/mol. The molecule has 0 amide bonds. The molecule has 0 spiro atoms. The summed E-state index contributed by atoms with van der Waals surface area (Å²) in [7, 11) is 0. The van der Waals surface area contributed by atoms with E-state index in [2.05, 4.69) is 4.74 Å². The molecule has 0 atom stereocenters. The van der Waals surface area contributed by atoms with Gasteiger partial charge in [0.25, 0.3) is 0 Å². The van der Waals surface area contributed by atoms with Gasteiger partial charge in [-0.3, -0.25) is 4.79 Å². The van der Waals surface area contributed by atoms with Crippen LogP contribution in [-0.4, -0.2) is 12.1 Å². The minimum atomic E-state index is -4.93. The van der Waals surface area contributed by atoms with Crippen LogP contribution < -0.4 is 10.5 Å². The normalized spacial score (nSPS) is 11.2. The summed E-state index contributed by atoms with van der Waals surface area (Å²) in [5, 5.41) is 0. The van der Waals surface area contributed by atoms with E-state index in [1.165, 1.54) is 18.2 Å². The molecule has 0 bridgehead atoms. The van der Waals surface area contributed by atoms with Crippen LogP contribution in [0.3, 0.4) is 0 Å². The highest BCUT2D eigenvalue weighted by molar-refractivity contribution is 6.10. The Labute approximate surface area is 116 Å². The quantitative estimate of drug-likeness (QED) is 0.536. The second-order valence-electron chi connectivity index (χ2n) is 4.11. The molecule has 2 aromatic carbocycles. The molecule has 21 heavy (non-hydrogen) atoms. The molecule has 0 aliphatic rings. The lowest BCUT2D eigenvalue weighted by atomic mass is 10.0. The van der Waals surface area contributed by atoms with Crippen LogP contribution in [0, 0.1) is 5.82 Å². The number of halogens is 4. The summed E-state index contributed by atoms with van der Waals surface area (Å²) in [6, 6.07) is 8.10. The molecule has 0 aliphatic heterocycles. The number of nitrogen functional groups attached to an aromatic ring is 1. The van der Waals surface area contributed by atoms with Crippen molar-refractivity contribution in [1.29, 1.82) is 0 Å². The average Bonchev–Trinajstić information content (AvgIpc) is 2.40. The van der Waals surface area contributed by atoms with E-state index < -0.39 is 23.7 Å². The summed E-state index contributed by atoms with van der Waals surface area (Å²) in [6.45, 7) is 0. The highest BCUT2D eigenvalue weighted by Gasteiger charge is 2.33. The number of ketones is 1. The largest absolute Gasteiger partial charge is 0.573 e. The Bertz CT molecular complexity index is 683. The van der Waals surface area contributed by atoms with Crippen LogP contribution in [-0.2, 0) is 0 Å². The molecule has 110 valence electrons. The van der Waals surface area contributed by atoms with Crippen molar-refractivity contribution in [2.24, 2.45) is 0 Å². The topological polar surface area (TPSA) is 52.3 Å². The minimum absolute atomic E-state index is 0.125. The van der Waals surface area contributed by atoms with Crippen LogP contribution in [0.15, 0.2) is 42.5 Å². The number of carbonyl (C=O) groups excluding carboxylic acids is 1. The Morgan fingerprint density at radius 3 is 2.38 bits per heavy atom. The summed E-state index contributed by atoms with van der Waals surface area (Å²) in [5.41, 5.74) is 4.67. The van der Waals surface area contributed by atoms with Gasteiger partial charge in [-0.25, -0.2) is 4.39 Å². The lowest BCUT2D eigenvalue weighted by Gasteiger charge is -2.12. The Hall–Kier alpha value is -2.57. The van der Waals surface area contributed by atoms with E-state index in [4.69, 9.17) is 5.73 Å². The third-order valence-corrected chi connectivity index (χ3v) is 2.62. The number of hydrogen-bond donors (Lipinski definition) is 1. The third kappa shape index (κ3) is 3.50. The van der Waals surface area contributed by atoms with Crippen LogP contribution in [0.1, 0.15) is 15.9 Å². The Kier molecular flexibility index (Phi) is 3.84. The Morgan fingerprint density at radius 1 is 1.10 bits per heavy atom. The summed E-state index contributed by atoms with van der Waals surface area (Å²) in [5.74, 6) is -2.27. The van der Waals surface area contributed by atoms with Gasteiger partial charge in [-0.15, -0.1) is 13.2 Å². The zero-order valence-corrected chi connectivity index (χ0v) is 10.4. The Morgan fingerprint density at radius 2 is 1.76 bits per heavy atom. The minimum Gasteiger partial charge on any atom is -0.405 e. The maximum absolute atomic E-state index is 13.3. The van der Waals surface area contributed by atoms with Crippen molar-refractivity contribution in [3.63, 3.8) is 0 Å². The van der Waals surface area contributed by atoms with Gasteiger partial charge in [0.2, 0.25) is 0 Å². The van der Waals surface area contributed by atoms with Crippen LogP contribution in [0.2, 0.25) is 0 Å². The van der Waals surface area contributed by atoms with Crippen molar-refractivity contribution in [3.05, 3.63) is 59.4 Å². The second kappa shape index (κ2) is 5.43. The van der Waals surface area contributed by atoms with Gasteiger partial charge in [-0.2, -0.15) is 0 Å². The maximum atomic E-state index is 13.3. The molecule has 2 aromatic rings. The molecule has 3 nitrogen and oxygen atoms in total. The Balaban J connectivity index is 2.41. The van der Waals surface area contributed by atoms with E-state index in [0.29, 0.717) is 0 Å². The summed E-state index contributed by atoms with van der Waals surface area (Å²) >= 11 is 0. The molecule has 0 radical (unpaired) electrons. The van der Waals surface area contributed by atoms with Crippen molar-refractivity contribution in [2.45, 2.75) is 6.36 Å². The van der Waals surface area contributed by atoms with Crippen LogP contribution >= 0.6 is 0 Å². The molecule has 0 saturated heterocycles. The molecule has 0 aromatic heterocycles. The van der Waals surface area contributed by atoms with Crippen LogP contribution in [0.5, 0.6) is 5.75 Å². The van der Waals surface area contributed by atoms with E-state index in [1.54, 1.807) is 0 Å². The van der Waals surface area contributed by atoms with Gasteiger partial charge >= 0.3 is 6.36 Å². The van der Waals surface area contributed by atoms with E-state index in [1.807, 2.05) is 0 Å². The fraction of sp³-hybridized carbons (Fsp3) is 0.0714. The predicted molar refractivity (Wildman–Crippen MR) is 67.4 cm³/mol. The number of hydrogen-bond acceptors (Lipinski definition) is 3. The fourth-order valence-corrected chi connectivity index (χ4v) is 1.69. The first-order valence-corrected chi connectivity index (χ1v) is 5.72. The van der Waals surface area contributed by atoms with Crippen molar-refractivity contribution >= 4 is 11.5 Å². The molecule has 7 heteroatoms. The summed E-state index contributed by atoms with van der Waals surface area (Å²) < 4.78 is 54.0. The van der Waals surface area contributed by atoms with E-state index in [0.717, 1.165) is 24.3 Å². The van der Waals surface area contributed by atoms with Gasteiger partial charge in [-0.1, -0.05) is 12.1 Å². The number of para-hydroxylation sites is 1. The second-order valence-corrected chi connectivity index (χ2v) is 4.11.